The zero-order valence-corrected chi connectivity index (χ0v) is 19.9. The van der Waals surface area contributed by atoms with E-state index in [4.69, 9.17) is 23.2 Å². The number of alkyl halides is 2. The van der Waals surface area contributed by atoms with E-state index >= 15 is 0 Å². The Morgan fingerprint density at radius 3 is 2.58 bits per heavy atom. The summed E-state index contributed by atoms with van der Waals surface area (Å²) in [6.07, 6.45) is 4.37. The number of carbonyl (C=O) groups is 3. The van der Waals surface area contributed by atoms with Gasteiger partial charge in [-0.2, -0.15) is 5.26 Å². The van der Waals surface area contributed by atoms with E-state index in [9.17, 15) is 19.6 Å². The number of halogens is 2. The van der Waals surface area contributed by atoms with Gasteiger partial charge in [-0.3, -0.25) is 14.4 Å². The summed E-state index contributed by atoms with van der Waals surface area (Å²) in [7, 11) is 0. The Labute approximate surface area is 202 Å². The van der Waals surface area contributed by atoms with Crippen LogP contribution in [0.3, 0.4) is 0 Å². The molecule has 2 saturated carbocycles. The topological polar surface area (TPSA) is 118 Å². The minimum absolute atomic E-state index is 0.0456. The Morgan fingerprint density at radius 2 is 2.03 bits per heavy atom. The number of nitrogens with zero attached hydrogens (tertiary/aromatic N) is 2. The summed E-state index contributed by atoms with van der Waals surface area (Å²) in [5.41, 5.74) is 0.874. The van der Waals surface area contributed by atoms with Gasteiger partial charge in [0.05, 0.1) is 6.07 Å². The lowest BCUT2D eigenvalue weighted by Crippen LogP contribution is -2.49. The van der Waals surface area contributed by atoms with Crippen LogP contribution in [0.25, 0.3) is 0 Å². The number of nitriles is 1. The van der Waals surface area contributed by atoms with E-state index in [1.807, 2.05) is 13.0 Å². The average Bonchev–Trinajstić information content (AvgIpc) is 3.04. The molecule has 10 heteroatoms. The van der Waals surface area contributed by atoms with Crippen LogP contribution in [0.4, 0.5) is 0 Å². The number of rotatable bonds is 5. The third-order valence-corrected chi connectivity index (χ3v) is 8.18. The van der Waals surface area contributed by atoms with Gasteiger partial charge in [0, 0.05) is 23.7 Å². The molecule has 3 N–H and O–H groups in total. The molecule has 176 valence electrons. The van der Waals surface area contributed by atoms with Gasteiger partial charge in [0.2, 0.25) is 11.8 Å². The van der Waals surface area contributed by atoms with Crippen LogP contribution in [0, 0.1) is 29.6 Å². The lowest BCUT2D eigenvalue weighted by Gasteiger charge is -2.47. The fraction of sp³-hybridized carbons (Fsp3) is 0.652. The van der Waals surface area contributed by atoms with Gasteiger partial charge in [-0.15, -0.1) is 23.2 Å². The predicted molar refractivity (Wildman–Crippen MR) is 121 cm³/mol. The van der Waals surface area contributed by atoms with Crippen molar-refractivity contribution in [3.8, 4) is 6.07 Å². The number of aromatic amines is 1. The first-order chi connectivity index (χ1) is 15.5. The lowest BCUT2D eigenvalue weighted by molar-refractivity contribution is -0.126. The molecule has 1 aromatic rings. The summed E-state index contributed by atoms with van der Waals surface area (Å²) >= 11 is 12.5. The molecule has 8 nitrogen and oxygen atoms in total. The van der Waals surface area contributed by atoms with Crippen LogP contribution >= 0.6 is 23.2 Å². The van der Waals surface area contributed by atoms with Crippen LogP contribution in [0.15, 0.2) is 12.1 Å². The molecule has 3 unspecified atom stereocenters. The molecule has 0 bridgehead atoms. The van der Waals surface area contributed by atoms with E-state index in [1.54, 1.807) is 11.0 Å². The number of carbonyl (C=O) groups excluding carboxylic acids is 3. The highest BCUT2D eigenvalue weighted by molar-refractivity contribution is 6.49. The SMILES string of the molecule is Cc1ccc(C(=O)N2CC3(CC2C(=O)NC(C#N)CC2CC4(CC4)NC2=O)CC(Cl)(Cl)C3)[nH]1. The van der Waals surface area contributed by atoms with Crippen LogP contribution in [0.5, 0.6) is 0 Å². The highest BCUT2D eigenvalue weighted by Gasteiger charge is 2.60. The number of aryl methyl sites for hydroxylation is 1. The van der Waals surface area contributed by atoms with E-state index in [2.05, 4.69) is 21.7 Å². The van der Waals surface area contributed by atoms with Crippen molar-refractivity contribution in [2.45, 2.75) is 73.8 Å². The fourth-order valence-corrected chi connectivity index (χ4v) is 7.07. The molecular weight excluding hydrogens is 465 g/mol. The summed E-state index contributed by atoms with van der Waals surface area (Å²) in [6, 6.07) is 4.11. The minimum atomic E-state index is -0.840. The molecule has 0 aromatic carbocycles. The smallest absolute Gasteiger partial charge is 0.270 e. The maximum absolute atomic E-state index is 13.3. The van der Waals surface area contributed by atoms with Gasteiger partial charge in [0.1, 0.15) is 22.1 Å². The number of amides is 3. The van der Waals surface area contributed by atoms with Crippen molar-refractivity contribution in [2.24, 2.45) is 11.3 Å². The van der Waals surface area contributed by atoms with Crippen molar-refractivity contribution in [1.82, 2.24) is 20.5 Å². The average molecular weight is 492 g/mol. The Morgan fingerprint density at radius 1 is 1.30 bits per heavy atom. The zero-order valence-electron chi connectivity index (χ0n) is 18.4. The van der Waals surface area contributed by atoms with E-state index in [0.717, 1.165) is 18.5 Å². The summed E-state index contributed by atoms with van der Waals surface area (Å²) < 4.78 is -0.840. The Balaban J connectivity index is 1.30. The highest BCUT2D eigenvalue weighted by atomic mass is 35.5. The summed E-state index contributed by atoms with van der Waals surface area (Å²) in [5, 5.41) is 15.5. The van der Waals surface area contributed by atoms with Gasteiger partial charge in [0.15, 0.2) is 0 Å². The number of aromatic nitrogens is 1. The number of likely N-dealkylation sites (tertiary alicyclic amines) is 1. The second-order valence-electron chi connectivity index (χ2n) is 10.5. The maximum atomic E-state index is 13.3. The summed E-state index contributed by atoms with van der Waals surface area (Å²) in [6.45, 7) is 2.24. The van der Waals surface area contributed by atoms with Gasteiger partial charge < -0.3 is 20.5 Å². The van der Waals surface area contributed by atoms with E-state index in [0.29, 0.717) is 37.9 Å². The Bertz CT molecular complexity index is 1050. The largest absolute Gasteiger partial charge is 0.355 e. The normalized spacial score (nSPS) is 28.8. The van der Waals surface area contributed by atoms with E-state index in [-0.39, 0.29) is 41.0 Å². The molecule has 5 rings (SSSR count). The molecular formula is C23H27Cl2N5O3. The van der Waals surface area contributed by atoms with Crippen molar-refractivity contribution >= 4 is 40.9 Å². The third kappa shape index (κ3) is 4.22. The van der Waals surface area contributed by atoms with Gasteiger partial charge >= 0.3 is 0 Å². The molecule has 4 aliphatic rings. The Kier molecular flexibility index (Phi) is 5.22. The number of nitrogens with one attached hydrogen (secondary N) is 3. The molecule has 2 aliphatic heterocycles. The van der Waals surface area contributed by atoms with Crippen molar-refractivity contribution in [1.29, 1.82) is 5.26 Å². The summed E-state index contributed by atoms with van der Waals surface area (Å²) in [4.78, 5) is 43.5. The monoisotopic (exact) mass is 491 g/mol. The number of hydrogen-bond donors (Lipinski definition) is 3. The molecule has 2 spiro atoms. The molecule has 0 radical (unpaired) electrons. The van der Waals surface area contributed by atoms with Gasteiger partial charge in [0.25, 0.3) is 5.91 Å². The number of H-pyrrole nitrogens is 1. The van der Waals surface area contributed by atoms with Crippen LogP contribution < -0.4 is 10.6 Å². The lowest BCUT2D eigenvalue weighted by atomic mass is 9.66. The Hall–Kier alpha value is -2.24. The van der Waals surface area contributed by atoms with Crippen LogP contribution in [-0.2, 0) is 9.59 Å². The molecule has 33 heavy (non-hydrogen) atoms. The molecule has 3 amide bonds. The molecule has 2 aliphatic carbocycles. The van der Waals surface area contributed by atoms with E-state index < -0.39 is 16.4 Å². The molecule has 3 atom stereocenters. The maximum Gasteiger partial charge on any atom is 0.270 e. The van der Waals surface area contributed by atoms with Crippen molar-refractivity contribution in [3.63, 3.8) is 0 Å². The first-order valence-corrected chi connectivity index (χ1v) is 12.1. The highest BCUT2D eigenvalue weighted by Crippen LogP contribution is 2.60. The van der Waals surface area contributed by atoms with Crippen LogP contribution in [0.1, 0.15) is 61.1 Å². The molecule has 4 fully saturated rings. The fourth-order valence-electron chi connectivity index (χ4n) is 5.93. The third-order valence-electron chi connectivity index (χ3n) is 7.64. The van der Waals surface area contributed by atoms with Crippen molar-refractivity contribution in [3.05, 3.63) is 23.5 Å². The standard InChI is InChI=1S/C23H27Cl2N5O3/c1-13-2-3-16(27-13)20(33)30-12-21(10-23(24,25)11-21)8-17(30)19(32)28-15(9-26)6-14-7-22(4-5-22)29-18(14)31/h2-3,14-15,17,27H,4-8,10-12H2,1H3,(H,28,32)(H,29,31). The van der Waals surface area contributed by atoms with Crippen LogP contribution in [0.2, 0.25) is 0 Å². The summed E-state index contributed by atoms with van der Waals surface area (Å²) in [5.74, 6) is -0.972. The van der Waals surface area contributed by atoms with Crippen molar-refractivity contribution in [2.75, 3.05) is 6.54 Å². The molecule has 1 aromatic heterocycles. The minimum Gasteiger partial charge on any atom is -0.355 e. The number of hydrogen-bond acceptors (Lipinski definition) is 4. The van der Waals surface area contributed by atoms with Crippen LogP contribution in [-0.4, -0.2) is 56.1 Å². The second-order valence-corrected chi connectivity index (χ2v) is 12.2. The van der Waals surface area contributed by atoms with Gasteiger partial charge in [-0.25, -0.2) is 0 Å². The molecule has 2 saturated heterocycles. The van der Waals surface area contributed by atoms with E-state index in [1.165, 1.54) is 0 Å². The zero-order chi connectivity index (χ0) is 23.6. The van der Waals surface area contributed by atoms with Crippen molar-refractivity contribution < 1.29 is 14.4 Å². The first-order valence-electron chi connectivity index (χ1n) is 11.4. The first kappa shape index (κ1) is 22.5. The van der Waals surface area contributed by atoms with Gasteiger partial charge in [-0.05, 0) is 69.4 Å². The van der Waals surface area contributed by atoms with Gasteiger partial charge in [-0.1, -0.05) is 0 Å². The quantitative estimate of drug-likeness (QED) is 0.548. The second kappa shape index (κ2) is 7.64. The predicted octanol–water partition coefficient (Wildman–Crippen LogP) is 2.56. The molecule has 3 heterocycles.